The maximum Gasteiger partial charge on any atom is 0.240 e. The summed E-state index contributed by atoms with van der Waals surface area (Å²) < 4.78 is 0. The highest BCUT2D eigenvalue weighted by atomic mass is 35.5. The van der Waals surface area contributed by atoms with Crippen molar-refractivity contribution in [3.63, 3.8) is 0 Å². The molecule has 0 radical (unpaired) electrons. The number of carbonyl (C=O) groups is 1. The molecule has 0 spiro atoms. The minimum atomic E-state index is -0.622. The first kappa shape index (κ1) is 23.2. The largest absolute Gasteiger partial charge is 0.352 e. The third kappa shape index (κ3) is 5.85. The van der Waals surface area contributed by atoms with Gasteiger partial charge in [-0.05, 0) is 38.2 Å². The van der Waals surface area contributed by atoms with E-state index < -0.39 is 5.54 Å². The number of likely N-dealkylation sites (tertiary alicyclic amines) is 1. The van der Waals surface area contributed by atoms with Crippen LogP contribution in [0.5, 0.6) is 0 Å². The summed E-state index contributed by atoms with van der Waals surface area (Å²) in [6.07, 6.45) is 7.06. The first-order valence-electron chi connectivity index (χ1n) is 9.45. The van der Waals surface area contributed by atoms with Crippen LogP contribution in [0, 0.1) is 0 Å². The zero-order chi connectivity index (χ0) is 17.0. The molecule has 3 N–H and O–H groups in total. The van der Waals surface area contributed by atoms with Gasteiger partial charge in [-0.3, -0.25) is 9.69 Å². The number of nitrogens with one attached hydrogen (secondary N) is 1. The fraction of sp³-hybridized carbons (Fsp3) is 0.650. The fourth-order valence-electron chi connectivity index (χ4n) is 4.14. The first-order chi connectivity index (χ1) is 11.6. The molecule has 6 heteroatoms. The number of hydrogen-bond acceptors (Lipinski definition) is 3. The van der Waals surface area contributed by atoms with Crippen LogP contribution < -0.4 is 11.1 Å². The van der Waals surface area contributed by atoms with E-state index in [2.05, 4.69) is 47.5 Å². The van der Waals surface area contributed by atoms with Crippen LogP contribution in [0.25, 0.3) is 0 Å². The summed E-state index contributed by atoms with van der Waals surface area (Å²) in [5, 5.41) is 3.25. The smallest absolute Gasteiger partial charge is 0.240 e. The van der Waals surface area contributed by atoms with Crippen molar-refractivity contribution in [2.45, 2.75) is 76.0 Å². The Morgan fingerprint density at radius 2 is 1.85 bits per heavy atom. The molecule has 1 saturated carbocycles. The number of nitrogens with two attached hydrogens (primary N) is 1. The van der Waals surface area contributed by atoms with Crippen molar-refractivity contribution < 1.29 is 4.79 Å². The van der Waals surface area contributed by atoms with Gasteiger partial charge in [-0.25, -0.2) is 0 Å². The van der Waals surface area contributed by atoms with Crippen LogP contribution in [0.1, 0.15) is 57.4 Å². The van der Waals surface area contributed by atoms with Gasteiger partial charge in [-0.15, -0.1) is 24.8 Å². The molecule has 2 unspecified atom stereocenters. The lowest BCUT2D eigenvalue weighted by Crippen LogP contribution is -2.59. The number of benzene rings is 1. The second-order valence-electron chi connectivity index (χ2n) is 7.72. The Kier molecular flexibility index (Phi) is 9.39. The topological polar surface area (TPSA) is 58.4 Å². The lowest BCUT2D eigenvalue weighted by molar-refractivity contribution is -0.128. The van der Waals surface area contributed by atoms with E-state index in [9.17, 15) is 4.79 Å². The number of carbonyl (C=O) groups excluding carboxylic acids is 1. The average Bonchev–Trinajstić information content (AvgIpc) is 2.59. The zero-order valence-electron chi connectivity index (χ0n) is 15.7. The molecular weight excluding hydrogens is 369 g/mol. The van der Waals surface area contributed by atoms with Gasteiger partial charge < -0.3 is 11.1 Å². The van der Waals surface area contributed by atoms with Crippen LogP contribution in [0.3, 0.4) is 0 Å². The van der Waals surface area contributed by atoms with Gasteiger partial charge in [0.1, 0.15) is 0 Å². The van der Waals surface area contributed by atoms with Crippen molar-refractivity contribution in [3.05, 3.63) is 35.9 Å². The van der Waals surface area contributed by atoms with E-state index in [1.54, 1.807) is 0 Å². The molecule has 1 aliphatic heterocycles. The molecule has 1 heterocycles. The third-order valence-electron chi connectivity index (χ3n) is 5.78. The van der Waals surface area contributed by atoms with Crippen molar-refractivity contribution >= 4 is 30.7 Å². The Balaban J connectivity index is 0.00000169. The van der Waals surface area contributed by atoms with E-state index in [1.165, 1.54) is 12.0 Å². The van der Waals surface area contributed by atoms with Crippen LogP contribution in [0.15, 0.2) is 30.3 Å². The Hall–Kier alpha value is -0.810. The van der Waals surface area contributed by atoms with Gasteiger partial charge in [-0.2, -0.15) is 0 Å². The van der Waals surface area contributed by atoms with E-state index >= 15 is 0 Å². The average molecular weight is 402 g/mol. The third-order valence-corrected chi connectivity index (χ3v) is 5.78. The minimum absolute atomic E-state index is 0. The maximum atomic E-state index is 12.6. The van der Waals surface area contributed by atoms with E-state index in [0.717, 1.165) is 51.6 Å². The summed E-state index contributed by atoms with van der Waals surface area (Å²) in [7, 11) is 0. The molecule has 1 aromatic rings. The Bertz CT molecular complexity index is 549. The van der Waals surface area contributed by atoms with Crippen LogP contribution in [0.4, 0.5) is 0 Å². The second kappa shape index (κ2) is 10.5. The Labute approximate surface area is 170 Å². The minimum Gasteiger partial charge on any atom is -0.352 e. The van der Waals surface area contributed by atoms with Gasteiger partial charge in [0.2, 0.25) is 5.91 Å². The first-order valence-corrected chi connectivity index (χ1v) is 9.45. The maximum absolute atomic E-state index is 12.6. The summed E-state index contributed by atoms with van der Waals surface area (Å²) in [4.78, 5) is 15.1. The number of nitrogens with zero attached hydrogens (tertiary/aromatic N) is 1. The highest BCUT2D eigenvalue weighted by Crippen LogP contribution is 2.27. The number of piperidine rings is 1. The van der Waals surface area contributed by atoms with Crippen molar-refractivity contribution in [1.29, 1.82) is 0 Å². The van der Waals surface area contributed by atoms with Crippen LogP contribution in [-0.2, 0) is 11.3 Å². The van der Waals surface area contributed by atoms with Crippen molar-refractivity contribution in [3.8, 4) is 0 Å². The lowest BCUT2D eigenvalue weighted by Gasteiger charge is -2.40. The number of hydrogen-bond donors (Lipinski definition) is 2. The highest BCUT2D eigenvalue weighted by molar-refractivity contribution is 5.86. The molecule has 1 aromatic carbocycles. The quantitative estimate of drug-likeness (QED) is 0.808. The summed E-state index contributed by atoms with van der Waals surface area (Å²) >= 11 is 0. The predicted octanol–water partition coefficient (Wildman–Crippen LogP) is 3.66. The summed E-state index contributed by atoms with van der Waals surface area (Å²) in [6, 6.07) is 11.4. The standard InChI is InChI=1S/C20H31N3O.2ClH/c1-16-14-18(22-19(24)20(21)11-6-3-7-12-20)10-13-23(16)15-17-8-4-2-5-9-17;;/h2,4-5,8-9,16,18H,3,6-7,10-15,21H2,1H3,(H,22,24);2*1H. The Morgan fingerprint density at radius 3 is 2.46 bits per heavy atom. The molecule has 148 valence electrons. The monoisotopic (exact) mass is 401 g/mol. The van der Waals surface area contributed by atoms with Gasteiger partial charge >= 0.3 is 0 Å². The molecule has 1 aliphatic carbocycles. The highest BCUT2D eigenvalue weighted by Gasteiger charge is 2.37. The molecule has 2 atom stereocenters. The zero-order valence-corrected chi connectivity index (χ0v) is 17.3. The summed E-state index contributed by atoms with van der Waals surface area (Å²) in [6.45, 7) is 4.28. The fourth-order valence-corrected chi connectivity index (χ4v) is 4.14. The van der Waals surface area contributed by atoms with Crippen LogP contribution >= 0.6 is 24.8 Å². The SMILES string of the molecule is CC1CC(NC(=O)C2(N)CCCCC2)CCN1Cc1ccccc1.Cl.Cl. The molecule has 1 saturated heterocycles. The second-order valence-corrected chi connectivity index (χ2v) is 7.72. The van der Waals surface area contributed by atoms with Gasteiger partial charge in [0.05, 0.1) is 5.54 Å². The van der Waals surface area contributed by atoms with Crippen molar-refractivity contribution in [2.24, 2.45) is 5.73 Å². The summed E-state index contributed by atoms with van der Waals surface area (Å²) in [5.74, 6) is 0.0795. The number of rotatable bonds is 4. The molecule has 3 rings (SSSR count). The van der Waals surface area contributed by atoms with Crippen LogP contribution in [-0.4, -0.2) is 35.0 Å². The van der Waals surface area contributed by atoms with Gasteiger partial charge in [0.15, 0.2) is 0 Å². The predicted molar refractivity (Wildman–Crippen MR) is 112 cm³/mol. The molecule has 1 amide bonds. The van der Waals surface area contributed by atoms with Crippen molar-refractivity contribution in [1.82, 2.24) is 10.2 Å². The summed E-state index contributed by atoms with van der Waals surface area (Å²) in [5.41, 5.74) is 7.10. The van der Waals surface area contributed by atoms with E-state index in [4.69, 9.17) is 5.73 Å². The molecule has 26 heavy (non-hydrogen) atoms. The molecule has 4 nitrogen and oxygen atoms in total. The van der Waals surface area contributed by atoms with Gasteiger partial charge in [0.25, 0.3) is 0 Å². The van der Waals surface area contributed by atoms with E-state index in [1.807, 2.05) is 0 Å². The Morgan fingerprint density at radius 1 is 1.19 bits per heavy atom. The molecule has 0 aromatic heterocycles. The lowest BCUT2D eigenvalue weighted by atomic mass is 9.81. The number of amides is 1. The van der Waals surface area contributed by atoms with Gasteiger partial charge in [0, 0.05) is 25.2 Å². The van der Waals surface area contributed by atoms with Gasteiger partial charge in [-0.1, -0.05) is 49.6 Å². The van der Waals surface area contributed by atoms with Crippen LogP contribution in [0.2, 0.25) is 0 Å². The number of halogens is 2. The van der Waals surface area contributed by atoms with E-state index in [-0.39, 0.29) is 36.8 Å². The molecule has 0 bridgehead atoms. The molecule has 2 aliphatic rings. The normalized spacial score (nSPS) is 25.5. The molecular formula is C20H33Cl2N3O. The van der Waals surface area contributed by atoms with E-state index in [0.29, 0.717) is 6.04 Å². The molecule has 2 fully saturated rings. The van der Waals surface area contributed by atoms with Crippen molar-refractivity contribution in [2.75, 3.05) is 6.54 Å².